The lowest BCUT2D eigenvalue weighted by Gasteiger charge is -2.29. The van der Waals surface area contributed by atoms with E-state index in [1.165, 1.54) is 51.7 Å². The highest BCUT2D eigenvalue weighted by molar-refractivity contribution is 4.70. The van der Waals surface area contributed by atoms with Crippen LogP contribution in [0, 0.1) is 5.92 Å². The van der Waals surface area contributed by atoms with Crippen LogP contribution in [0.25, 0.3) is 0 Å². The topological polar surface area (TPSA) is 27.3 Å². The third kappa shape index (κ3) is 4.09. The Labute approximate surface area is 93.6 Å². The molecule has 0 aromatic heterocycles. The molecule has 0 atom stereocenters. The van der Waals surface area contributed by atoms with E-state index >= 15 is 0 Å². The first-order valence-corrected chi connectivity index (χ1v) is 6.59. The van der Waals surface area contributed by atoms with Crippen LogP contribution >= 0.6 is 0 Å². The first-order valence-electron chi connectivity index (χ1n) is 6.59. The lowest BCUT2D eigenvalue weighted by molar-refractivity contribution is 0.213. The van der Waals surface area contributed by atoms with E-state index in [1.54, 1.807) is 0 Å². The smallest absolute Gasteiger partial charge is 0.0481 e. The molecule has 0 radical (unpaired) electrons. The maximum Gasteiger partial charge on any atom is 0.0481 e. The summed E-state index contributed by atoms with van der Waals surface area (Å²) in [5.74, 6) is 0.960. The van der Waals surface area contributed by atoms with Crippen LogP contribution in [0.2, 0.25) is 0 Å². The van der Waals surface area contributed by atoms with Gasteiger partial charge in [-0.15, -0.1) is 0 Å². The van der Waals surface area contributed by atoms with Crippen LogP contribution in [0.1, 0.15) is 32.1 Å². The van der Waals surface area contributed by atoms with Gasteiger partial charge in [0.1, 0.15) is 0 Å². The van der Waals surface area contributed by atoms with Gasteiger partial charge >= 0.3 is 0 Å². The molecule has 88 valence electrons. The van der Waals surface area contributed by atoms with Crippen molar-refractivity contribution in [1.82, 2.24) is 15.5 Å². The van der Waals surface area contributed by atoms with Crippen LogP contribution in [-0.2, 0) is 0 Å². The van der Waals surface area contributed by atoms with Gasteiger partial charge in [0.2, 0.25) is 0 Å². The van der Waals surface area contributed by atoms with E-state index in [0.717, 1.165) is 25.7 Å². The SMILES string of the molecule is C1CCC(CNCN2CCNCC2)CC1. The normalized spacial score (nSPS) is 25.6. The van der Waals surface area contributed by atoms with Crippen molar-refractivity contribution in [2.75, 3.05) is 39.4 Å². The fourth-order valence-electron chi connectivity index (χ4n) is 2.69. The summed E-state index contributed by atoms with van der Waals surface area (Å²) in [7, 11) is 0. The number of hydrogen-bond acceptors (Lipinski definition) is 3. The highest BCUT2D eigenvalue weighted by Gasteiger charge is 2.13. The molecule has 0 unspecified atom stereocenters. The van der Waals surface area contributed by atoms with Gasteiger partial charge in [-0.1, -0.05) is 19.3 Å². The predicted molar refractivity (Wildman–Crippen MR) is 63.9 cm³/mol. The molecule has 2 fully saturated rings. The predicted octanol–water partition coefficient (Wildman–Crippen LogP) is 1.02. The molecule has 0 spiro atoms. The van der Waals surface area contributed by atoms with Gasteiger partial charge in [0, 0.05) is 32.8 Å². The minimum absolute atomic E-state index is 0.960. The zero-order chi connectivity index (χ0) is 10.3. The maximum absolute atomic E-state index is 3.62. The molecule has 1 saturated carbocycles. The third-order valence-electron chi connectivity index (χ3n) is 3.70. The second-order valence-electron chi connectivity index (χ2n) is 4.98. The Morgan fingerprint density at radius 1 is 1.07 bits per heavy atom. The van der Waals surface area contributed by atoms with E-state index in [4.69, 9.17) is 0 Å². The standard InChI is InChI=1S/C12H25N3/c1-2-4-12(5-3-1)10-14-11-15-8-6-13-7-9-15/h12-14H,1-11H2. The summed E-state index contributed by atoms with van der Waals surface area (Å²) < 4.78 is 0. The summed E-state index contributed by atoms with van der Waals surface area (Å²) in [4.78, 5) is 2.51. The fourth-order valence-corrected chi connectivity index (χ4v) is 2.69. The molecular weight excluding hydrogens is 186 g/mol. The van der Waals surface area contributed by atoms with E-state index in [1.807, 2.05) is 0 Å². The van der Waals surface area contributed by atoms with Gasteiger partial charge in [0.15, 0.2) is 0 Å². The van der Waals surface area contributed by atoms with E-state index in [2.05, 4.69) is 15.5 Å². The third-order valence-corrected chi connectivity index (χ3v) is 3.70. The molecule has 0 aromatic rings. The van der Waals surface area contributed by atoms with Crippen LogP contribution in [0.15, 0.2) is 0 Å². The Kier molecular flexibility index (Phi) is 4.90. The zero-order valence-electron chi connectivity index (χ0n) is 9.80. The van der Waals surface area contributed by atoms with Gasteiger partial charge in [-0.3, -0.25) is 4.90 Å². The number of nitrogens with zero attached hydrogens (tertiary/aromatic N) is 1. The van der Waals surface area contributed by atoms with Crippen LogP contribution < -0.4 is 10.6 Å². The van der Waals surface area contributed by atoms with Crippen LogP contribution in [-0.4, -0.2) is 44.3 Å². The summed E-state index contributed by atoms with van der Waals surface area (Å²) >= 11 is 0. The van der Waals surface area contributed by atoms with Crippen molar-refractivity contribution >= 4 is 0 Å². The molecule has 3 heteroatoms. The molecule has 1 aliphatic heterocycles. The number of rotatable bonds is 4. The van der Waals surface area contributed by atoms with Gasteiger partial charge in [0.05, 0.1) is 0 Å². The van der Waals surface area contributed by atoms with Crippen LogP contribution in [0.5, 0.6) is 0 Å². The molecule has 2 aliphatic rings. The first-order chi connectivity index (χ1) is 7.45. The molecule has 1 heterocycles. The summed E-state index contributed by atoms with van der Waals surface area (Å²) in [5.41, 5.74) is 0. The summed E-state index contributed by atoms with van der Waals surface area (Å²) in [6, 6.07) is 0. The summed E-state index contributed by atoms with van der Waals surface area (Å²) in [6.45, 7) is 7.06. The van der Waals surface area contributed by atoms with Crippen molar-refractivity contribution in [2.45, 2.75) is 32.1 Å². The molecule has 0 amide bonds. The highest BCUT2D eigenvalue weighted by Crippen LogP contribution is 2.22. The van der Waals surface area contributed by atoms with Gasteiger partial charge in [0.25, 0.3) is 0 Å². The Balaban J connectivity index is 1.53. The average molecular weight is 211 g/mol. The monoisotopic (exact) mass is 211 g/mol. The number of nitrogens with one attached hydrogen (secondary N) is 2. The van der Waals surface area contributed by atoms with Crippen LogP contribution in [0.4, 0.5) is 0 Å². The van der Waals surface area contributed by atoms with Crippen LogP contribution in [0.3, 0.4) is 0 Å². The Hall–Kier alpha value is -0.120. The van der Waals surface area contributed by atoms with Crippen molar-refractivity contribution in [3.63, 3.8) is 0 Å². The van der Waals surface area contributed by atoms with Gasteiger partial charge in [-0.25, -0.2) is 0 Å². The van der Waals surface area contributed by atoms with Crippen molar-refractivity contribution in [2.24, 2.45) is 5.92 Å². The van der Waals surface area contributed by atoms with Crippen molar-refractivity contribution < 1.29 is 0 Å². The lowest BCUT2D eigenvalue weighted by Crippen LogP contribution is -2.47. The molecule has 0 aromatic carbocycles. The molecule has 1 aliphatic carbocycles. The van der Waals surface area contributed by atoms with E-state index < -0.39 is 0 Å². The van der Waals surface area contributed by atoms with Crippen molar-refractivity contribution in [3.05, 3.63) is 0 Å². The minimum atomic E-state index is 0.960. The van der Waals surface area contributed by atoms with E-state index in [-0.39, 0.29) is 0 Å². The van der Waals surface area contributed by atoms with Gasteiger partial charge in [-0.2, -0.15) is 0 Å². The van der Waals surface area contributed by atoms with Gasteiger partial charge < -0.3 is 10.6 Å². The molecule has 3 nitrogen and oxygen atoms in total. The first kappa shape index (κ1) is 11.4. The van der Waals surface area contributed by atoms with Crippen molar-refractivity contribution in [1.29, 1.82) is 0 Å². The average Bonchev–Trinajstić information content (AvgIpc) is 2.32. The number of hydrogen-bond donors (Lipinski definition) is 2. The molecule has 2 N–H and O–H groups in total. The fraction of sp³-hybridized carbons (Fsp3) is 1.00. The maximum atomic E-state index is 3.62. The largest absolute Gasteiger partial charge is 0.314 e. The second-order valence-corrected chi connectivity index (χ2v) is 4.98. The zero-order valence-corrected chi connectivity index (χ0v) is 9.80. The van der Waals surface area contributed by atoms with Gasteiger partial charge in [-0.05, 0) is 25.3 Å². The highest BCUT2D eigenvalue weighted by atomic mass is 15.3. The molecule has 2 rings (SSSR count). The quantitative estimate of drug-likeness (QED) is 0.727. The van der Waals surface area contributed by atoms with E-state index in [9.17, 15) is 0 Å². The minimum Gasteiger partial charge on any atom is -0.314 e. The second kappa shape index (κ2) is 6.46. The Bertz CT molecular complexity index is 142. The molecule has 1 saturated heterocycles. The number of piperazine rings is 1. The molecule has 15 heavy (non-hydrogen) atoms. The summed E-state index contributed by atoms with van der Waals surface area (Å²) in [6.07, 6.45) is 7.29. The van der Waals surface area contributed by atoms with E-state index in [0.29, 0.717) is 0 Å². The Morgan fingerprint density at radius 3 is 2.53 bits per heavy atom. The van der Waals surface area contributed by atoms with Crippen molar-refractivity contribution in [3.8, 4) is 0 Å². The summed E-state index contributed by atoms with van der Waals surface area (Å²) in [5, 5.41) is 7.01. The lowest BCUT2D eigenvalue weighted by atomic mass is 9.89. The molecular formula is C12H25N3. The molecule has 0 bridgehead atoms. The Morgan fingerprint density at radius 2 is 1.80 bits per heavy atom.